The van der Waals surface area contributed by atoms with E-state index in [2.05, 4.69) is 35.5 Å². The summed E-state index contributed by atoms with van der Waals surface area (Å²) in [6.45, 7) is 7.36. The molecule has 3 heterocycles. The summed E-state index contributed by atoms with van der Waals surface area (Å²) >= 11 is 6.37. The van der Waals surface area contributed by atoms with Crippen LogP contribution in [0, 0.1) is 29.6 Å². The highest BCUT2D eigenvalue weighted by atomic mass is 35.5. The molecule has 1 saturated carbocycles. The maximum atomic E-state index is 13.4. The van der Waals surface area contributed by atoms with E-state index in [-0.39, 0.29) is 35.8 Å². The zero-order valence-electron chi connectivity index (χ0n) is 28.8. The Morgan fingerprint density at radius 1 is 0.917 bits per heavy atom. The van der Waals surface area contributed by atoms with E-state index in [1.807, 2.05) is 37.3 Å². The zero-order chi connectivity index (χ0) is 34.0. The van der Waals surface area contributed by atoms with Gasteiger partial charge in [-0.3, -0.25) is 4.79 Å². The smallest absolute Gasteiger partial charge is 0.264 e. The van der Waals surface area contributed by atoms with Crippen LogP contribution in [0.15, 0.2) is 36.4 Å². The van der Waals surface area contributed by atoms with Crippen molar-refractivity contribution in [3.05, 3.63) is 58.1 Å². The van der Waals surface area contributed by atoms with Crippen molar-refractivity contribution in [3.63, 3.8) is 0 Å². The first-order valence-electron chi connectivity index (χ1n) is 17.7. The molecule has 1 saturated heterocycles. The number of carbonyl (C=O) groups excluding carboxylic acids is 1. The third-order valence-electron chi connectivity index (χ3n) is 11.4. The normalized spacial score (nSPS) is 31.7. The molecule has 1 aliphatic carbocycles. The number of rotatable bonds is 2. The van der Waals surface area contributed by atoms with E-state index >= 15 is 0 Å². The number of nitrogens with zero attached hydrogens (tertiary/aromatic N) is 2. The summed E-state index contributed by atoms with van der Waals surface area (Å²) in [7, 11) is 0.259. The van der Waals surface area contributed by atoms with E-state index < -0.39 is 15.9 Å². The third kappa shape index (κ3) is 8.32. The second-order valence-electron chi connectivity index (χ2n) is 14.8. The van der Waals surface area contributed by atoms with E-state index in [9.17, 15) is 13.2 Å². The van der Waals surface area contributed by atoms with Crippen molar-refractivity contribution in [2.75, 3.05) is 51.1 Å². The number of hydrogen-bond acceptors (Lipinski definition) is 8. The first-order valence-corrected chi connectivity index (χ1v) is 19.7. The lowest BCUT2D eigenvalue weighted by molar-refractivity contribution is -0.241. The first-order chi connectivity index (χ1) is 23.0. The average Bonchev–Trinajstić information content (AvgIpc) is 3.07. The van der Waals surface area contributed by atoms with Crippen molar-refractivity contribution in [1.29, 1.82) is 0 Å². The monoisotopic (exact) mass is 701 g/mol. The van der Waals surface area contributed by atoms with Gasteiger partial charge in [-0.2, -0.15) is 0 Å². The fraction of sp³-hybridized carbons (Fsp3) is 0.649. The molecule has 2 fully saturated rings. The summed E-state index contributed by atoms with van der Waals surface area (Å²) in [6, 6.07) is 11.5. The summed E-state index contributed by atoms with van der Waals surface area (Å²) in [5.74, 6) is 1.06. The zero-order valence-corrected chi connectivity index (χ0v) is 30.4. The molecule has 0 unspecified atom stereocenters. The van der Waals surface area contributed by atoms with E-state index in [4.69, 9.17) is 25.8 Å². The molecule has 1 N–H and O–H groups in total. The van der Waals surface area contributed by atoms with Crippen molar-refractivity contribution >= 4 is 33.2 Å². The van der Waals surface area contributed by atoms with E-state index in [1.54, 1.807) is 6.07 Å². The molecule has 11 heteroatoms. The summed E-state index contributed by atoms with van der Waals surface area (Å²) in [6.07, 6.45) is 6.58. The summed E-state index contributed by atoms with van der Waals surface area (Å²) < 4.78 is 48.3. The van der Waals surface area contributed by atoms with Crippen LogP contribution in [0.25, 0.3) is 0 Å². The molecule has 9 nitrogen and oxygen atoms in total. The first kappa shape index (κ1) is 35.5. The largest absolute Gasteiger partial charge is 0.487 e. The summed E-state index contributed by atoms with van der Waals surface area (Å²) in [5, 5.41) is 0.720. The minimum absolute atomic E-state index is 0.110. The molecule has 6 rings (SSSR count). The van der Waals surface area contributed by atoms with E-state index in [0.29, 0.717) is 43.0 Å². The summed E-state index contributed by atoms with van der Waals surface area (Å²) in [5.41, 5.74) is 3.42. The quantitative estimate of drug-likeness (QED) is 0.400. The number of nitrogens with one attached hydrogen (secondary N) is 1. The van der Waals surface area contributed by atoms with Crippen LogP contribution < -0.4 is 14.4 Å². The topological polar surface area (TPSA) is 97.4 Å². The van der Waals surface area contributed by atoms with Gasteiger partial charge in [0.05, 0.1) is 30.7 Å². The second kappa shape index (κ2) is 15.3. The molecular formula is C37H52ClN3O6S. The molecule has 3 aliphatic heterocycles. The van der Waals surface area contributed by atoms with Crippen molar-refractivity contribution in [2.24, 2.45) is 29.6 Å². The molecule has 0 radical (unpaired) electrons. The predicted octanol–water partition coefficient (Wildman–Crippen LogP) is 6.13. The number of aryl methyl sites for hydroxylation is 1. The van der Waals surface area contributed by atoms with Crippen LogP contribution in [0.3, 0.4) is 0 Å². The molecule has 5 atom stereocenters. The van der Waals surface area contributed by atoms with Gasteiger partial charge in [0.2, 0.25) is 10.0 Å². The minimum atomic E-state index is -3.86. The Morgan fingerprint density at radius 3 is 2.42 bits per heavy atom. The number of carbonyl (C=O) groups is 1. The number of hydrogen-bond donors (Lipinski definition) is 1. The van der Waals surface area contributed by atoms with Gasteiger partial charge in [0.1, 0.15) is 12.4 Å². The molecule has 2 bridgehead atoms. The standard InChI is InChI=1S/C37H52ClN3O6S/c1-24-8-13-33(37-46-21-31(22-47-37)40(3)4)32-14-10-28(32)19-41-16-6-5-7-26-17-30(38)12-9-29(26)20-45-35-15-11-27(18-34(35)41)36(42)39-48(43,44)23-25(24)2/h9,11-12,15,17-18,24-25,28,31-33,37H,5-8,10,13-14,16,19-23H2,1-4H3,(H,39,42)/t24-,25+,28+,31?,32-,33-,37?/m1/s1. The highest BCUT2D eigenvalue weighted by Gasteiger charge is 2.44. The Morgan fingerprint density at radius 2 is 1.69 bits per heavy atom. The fourth-order valence-corrected chi connectivity index (χ4v) is 9.54. The molecule has 48 heavy (non-hydrogen) atoms. The van der Waals surface area contributed by atoms with Crippen LogP contribution in [0.4, 0.5) is 5.69 Å². The number of halogens is 1. The molecule has 0 aromatic heterocycles. The van der Waals surface area contributed by atoms with Gasteiger partial charge in [0.25, 0.3) is 5.91 Å². The number of sulfonamides is 1. The van der Waals surface area contributed by atoms with Gasteiger partial charge >= 0.3 is 0 Å². The van der Waals surface area contributed by atoms with Crippen LogP contribution in [-0.2, 0) is 32.5 Å². The van der Waals surface area contributed by atoms with Gasteiger partial charge in [0.15, 0.2) is 6.29 Å². The molecule has 0 spiro atoms. The van der Waals surface area contributed by atoms with Gasteiger partial charge in [0, 0.05) is 29.6 Å². The van der Waals surface area contributed by atoms with Gasteiger partial charge in [-0.1, -0.05) is 31.5 Å². The number of amides is 1. The Kier molecular flexibility index (Phi) is 11.3. The van der Waals surface area contributed by atoms with Gasteiger partial charge in [-0.25, -0.2) is 13.1 Å². The highest BCUT2D eigenvalue weighted by molar-refractivity contribution is 7.90. The minimum Gasteiger partial charge on any atom is -0.487 e. The fourth-order valence-electron chi connectivity index (χ4n) is 7.85. The second-order valence-corrected chi connectivity index (χ2v) is 17.1. The van der Waals surface area contributed by atoms with Gasteiger partial charge in [-0.05, 0) is 124 Å². The van der Waals surface area contributed by atoms with Crippen LogP contribution in [0.2, 0.25) is 5.02 Å². The number of fused-ring (bicyclic) bond motifs is 3. The van der Waals surface area contributed by atoms with Crippen LogP contribution in [-0.4, -0.2) is 77.7 Å². The van der Waals surface area contributed by atoms with Crippen molar-refractivity contribution in [3.8, 4) is 5.75 Å². The Bertz CT molecular complexity index is 1550. The highest BCUT2D eigenvalue weighted by Crippen LogP contribution is 2.46. The Hall–Kier alpha value is -2.37. The van der Waals surface area contributed by atoms with E-state index in [1.165, 1.54) is 5.56 Å². The molecular weight excluding hydrogens is 650 g/mol. The van der Waals surface area contributed by atoms with Crippen molar-refractivity contribution in [2.45, 2.75) is 77.7 Å². The van der Waals surface area contributed by atoms with Gasteiger partial charge in [-0.15, -0.1) is 0 Å². The van der Waals surface area contributed by atoms with Crippen LogP contribution >= 0.6 is 11.6 Å². The molecule has 264 valence electrons. The average molecular weight is 702 g/mol. The molecule has 4 aliphatic rings. The number of anilines is 1. The van der Waals surface area contributed by atoms with E-state index in [0.717, 1.165) is 74.3 Å². The molecule has 2 aromatic rings. The predicted molar refractivity (Wildman–Crippen MR) is 189 cm³/mol. The Balaban J connectivity index is 1.34. The lowest BCUT2D eigenvalue weighted by Crippen LogP contribution is -2.51. The number of likely N-dealkylation sites (N-methyl/N-ethyl adjacent to an activating group) is 1. The third-order valence-corrected chi connectivity index (χ3v) is 13.1. The van der Waals surface area contributed by atoms with Crippen molar-refractivity contribution in [1.82, 2.24) is 9.62 Å². The van der Waals surface area contributed by atoms with Crippen LogP contribution in [0.5, 0.6) is 5.75 Å². The summed E-state index contributed by atoms with van der Waals surface area (Å²) in [4.78, 5) is 18.0. The van der Waals surface area contributed by atoms with Crippen molar-refractivity contribution < 1.29 is 27.4 Å². The number of benzene rings is 2. The lowest BCUT2D eigenvalue weighted by atomic mass is 9.64. The lowest BCUT2D eigenvalue weighted by Gasteiger charge is -2.48. The maximum Gasteiger partial charge on any atom is 0.264 e. The Labute approximate surface area is 291 Å². The SMILES string of the molecule is C[C@@H]1CC[C@@H](C2OCC(N(C)C)CO2)[C@@H]2CC[C@H]2CN2CCCCc3cc(Cl)ccc3COc3ccc(cc32)C(=O)NS(=O)(=O)C[C@@H]1C. The molecule has 1 amide bonds. The van der Waals surface area contributed by atoms with Crippen LogP contribution in [0.1, 0.15) is 73.9 Å². The molecule has 2 aromatic carbocycles. The maximum absolute atomic E-state index is 13.4. The van der Waals surface area contributed by atoms with Gasteiger partial charge < -0.3 is 24.0 Å². The number of ether oxygens (including phenoxy) is 3.